The zero-order valence-corrected chi connectivity index (χ0v) is 15.9. The molecule has 1 heterocycles. The van der Waals surface area contributed by atoms with Crippen LogP contribution in [0.4, 0.5) is 0 Å². The van der Waals surface area contributed by atoms with Gasteiger partial charge in [0.1, 0.15) is 12.4 Å². The first-order valence-electron chi connectivity index (χ1n) is 7.44. The lowest BCUT2D eigenvalue weighted by atomic mass is 10.3. The largest absolute Gasteiger partial charge is 0.484 e. The van der Waals surface area contributed by atoms with Crippen LogP contribution < -0.4 is 4.74 Å². The molecule has 2 rings (SSSR count). The van der Waals surface area contributed by atoms with Gasteiger partial charge in [-0.15, -0.1) is 16.8 Å². The van der Waals surface area contributed by atoms with Gasteiger partial charge in [0.05, 0.1) is 17.4 Å². The number of hydrogen-bond donors (Lipinski definition) is 0. The van der Waals surface area contributed by atoms with E-state index in [-0.39, 0.29) is 18.3 Å². The maximum Gasteiger partial charge on any atom is 0.316 e. The van der Waals surface area contributed by atoms with Crippen molar-refractivity contribution in [2.75, 3.05) is 12.4 Å². The van der Waals surface area contributed by atoms with Crippen molar-refractivity contribution in [2.24, 2.45) is 0 Å². The van der Waals surface area contributed by atoms with Crippen LogP contribution in [0.3, 0.4) is 0 Å². The predicted molar refractivity (Wildman–Crippen MR) is 98.4 cm³/mol. The number of halogens is 2. The van der Waals surface area contributed by atoms with Crippen molar-refractivity contribution in [2.45, 2.75) is 25.2 Å². The van der Waals surface area contributed by atoms with Crippen LogP contribution in [0.2, 0.25) is 10.0 Å². The summed E-state index contributed by atoms with van der Waals surface area (Å²) in [7, 11) is 0. The molecule has 6 nitrogen and oxygen atoms in total. The van der Waals surface area contributed by atoms with Gasteiger partial charge in [-0.05, 0) is 25.1 Å². The molecule has 0 unspecified atom stereocenters. The molecule has 2 aromatic rings. The molecule has 25 heavy (non-hydrogen) atoms. The van der Waals surface area contributed by atoms with Crippen molar-refractivity contribution >= 4 is 40.9 Å². The Labute approximate surface area is 160 Å². The van der Waals surface area contributed by atoms with E-state index in [2.05, 4.69) is 16.8 Å². The van der Waals surface area contributed by atoms with Gasteiger partial charge < -0.3 is 9.47 Å². The van der Waals surface area contributed by atoms with E-state index in [1.807, 2.05) is 4.57 Å². The number of benzene rings is 1. The highest BCUT2D eigenvalue weighted by atomic mass is 35.5. The Morgan fingerprint density at radius 1 is 1.40 bits per heavy atom. The molecule has 0 fully saturated rings. The smallest absolute Gasteiger partial charge is 0.316 e. The van der Waals surface area contributed by atoms with E-state index in [4.69, 9.17) is 32.7 Å². The van der Waals surface area contributed by atoms with Gasteiger partial charge in [-0.25, -0.2) is 0 Å². The molecule has 0 N–H and O–H groups in total. The highest BCUT2D eigenvalue weighted by Gasteiger charge is 2.15. The first-order valence-corrected chi connectivity index (χ1v) is 9.18. The Bertz CT molecular complexity index is 752. The summed E-state index contributed by atoms with van der Waals surface area (Å²) >= 11 is 13.2. The fraction of sp³-hybridized carbons (Fsp3) is 0.312. The van der Waals surface area contributed by atoms with Crippen LogP contribution in [0, 0.1) is 0 Å². The molecule has 0 amide bonds. The van der Waals surface area contributed by atoms with Crippen molar-refractivity contribution in [3.63, 3.8) is 0 Å². The summed E-state index contributed by atoms with van der Waals surface area (Å²) < 4.78 is 12.4. The highest BCUT2D eigenvalue weighted by molar-refractivity contribution is 7.99. The predicted octanol–water partition coefficient (Wildman–Crippen LogP) is 4.01. The normalized spacial score (nSPS) is 10.5. The summed E-state index contributed by atoms with van der Waals surface area (Å²) in [5.41, 5.74) is 0. The number of allylic oxidation sites excluding steroid dienone is 1. The summed E-state index contributed by atoms with van der Waals surface area (Å²) in [4.78, 5) is 11.5. The number of carbonyl (C=O) groups is 1. The summed E-state index contributed by atoms with van der Waals surface area (Å²) in [5.74, 6) is 0.955. The molecular weight excluding hydrogens is 385 g/mol. The third kappa shape index (κ3) is 5.66. The monoisotopic (exact) mass is 401 g/mol. The van der Waals surface area contributed by atoms with E-state index in [0.717, 1.165) is 0 Å². The molecular formula is C16H17Cl2N3O3S. The Morgan fingerprint density at radius 2 is 2.20 bits per heavy atom. The molecule has 0 spiro atoms. The Hall–Kier alpha value is -1.70. The third-order valence-corrected chi connectivity index (χ3v) is 4.45. The summed E-state index contributed by atoms with van der Waals surface area (Å²) in [6, 6.07) is 4.99. The average Bonchev–Trinajstić information content (AvgIpc) is 2.95. The molecule has 0 aliphatic carbocycles. The second kappa shape index (κ2) is 9.70. The molecule has 1 aromatic heterocycles. The van der Waals surface area contributed by atoms with Crippen molar-refractivity contribution in [1.82, 2.24) is 14.8 Å². The van der Waals surface area contributed by atoms with Crippen molar-refractivity contribution < 1.29 is 14.3 Å². The zero-order chi connectivity index (χ0) is 18.2. The first-order chi connectivity index (χ1) is 12.0. The van der Waals surface area contributed by atoms with Crippen molar-refractivity contribution in [1.29, 1.82) is 0 Å². The molecule has 0 aliphatic rings. The molecule has 0 aliphatic heterocycles. The highest BCUT2D eigenvalue weighted by Crippen LogP contribution is 2.28. The van der Waals surface area contributed by atoms with E-state index in [9.17, 15) is 4.79 Å². The van der Waals surface area contributed by atoms with Gasteiger partial charge in [0, 0.05) is 11.6 Å². The molecule has 9 heteroatoms. The van der Waals surface area contributed by atoms with Gasteiger partial charge >= 0.3 is 5.97 Å². The number of hydrogen-bond acceptors (Lipinski definition) is 6. The summed E-state index contributed by atoms with van der Waals surface area (Å²) in [5, 5.41) is 9.76. The second-order valence-electron chi connectivity index (χ2n) is 4.76. The lowest BCUT2D eigenvalue weighted by Crippen LogP contribution is -2.10. The van der Waals surface area contributed by atoms with Gasteiger partial charge in [0.15, 0.2) is 11.0 Å². The Morgan fingerprint density at radius 3 is 2.88 bits per heavy atom. The number of esters is 1. The first kappa shape index (κ1) is 19.6. The zero-order valence-electron chi connectivity index (χ0n) is 13.6. The standard InChI is InChI=1S/C16H17Cl2N3O3S/c1-3-7-21-14(9-24-13-6-5-11(17)8-12(13)18)19-20-16(21)25-10-15(22)23-4-2/h3,5-6,8H,1,4,7,9-10H2,2H3. The molecule has 134 valence electrons. The van der Waals surface area contributed by atoms with E-state index in [1.54, 1.807) is 31.2 Å². The lowest BCUT2D eigenvalue weighted by molar-refractivity contribution is -0.139. The topological polar surface area (TPSA) is 66.2 Å². The van der Waals surface area contributed by atoms with Gasteiger partial charge in [-0.1, -0.05) is 41.0 Å². The fourth-order valence-corrected chi connectivity index (χ4v) is 3.13. The van der Waals surface area contributed by atoms with Crippen LogP contribution in [-0.4, -0.2) is 33.1 Å². The van der Waals surface area contributed by atoms with Crippen LogP contribution in [0.5, 0.6) is 5.75 Å². The Kier molecular flexibility index (Phi) is 7.61. The maximum absolute atomic E-state index is 11.5. The van der Waals surface area contributed by atoms with Gasteiger partial charge in [-0.2, -0.15) is 0 Å². The van der Waals surface area contributed by atoms with Gasteiger partial charge in [-0.3, -0.25) is 9.36 Å². The van der Waals surface area contributed by atoms with Crippen molar-refractivity contribution in [3.8, 4) is 5.75 Å². The fourth-order valence-electron chi connectivity index (χ4n) is 1.91. The van der Waals surface area contributed by atoms with Crippen LogP contribution in [0.25, 0.3) is 0 Å². The van der Waals surface area contributed by atoms with Crippen LogP contribution in [0.1, 0.15) is 12.7 Å². The van der Waals surface area contributed by atoms with Crippen LogP contribution in [-0.2, 0) is 22.7 Å². The SMILES string of the molecule is C=CCn1c(COc2ccc(Cl)cc2Cl)nnc1SCC(=O)OCC. The minimum Gasteiger partial charge on any atom is -0.484 e. The number of ether oxygens (including phenoxy) is 2. The maximum atomic E-state index is 11.5. The number of carbonyl (C=O) groups excluding carboxylic acids is 1. The Balaban J connectivity index is 2.07. The molecule has 0 radical (unpaired) electrons. The van der Waals surface area contributed by atoms with E-state index >= 15 is 0 Å². The molecule has 0 saturated carbocycles. The van der Waals surface area contributed by atoms with Crippen LogP contribution >= 0.6 is 35.0 Å². The quantitative estimate of drug-likeness (QED) is 0.359. The van der Waals surface area contributed by atoms with E-state index < -0.39 is 0 Å². The third-order valence-electron chi connectivity index (χ3n) is 2.98. The lowest BCUT2D eigenvalue weighted by Gasteiger charge is -2.10. The van der Waals surface area contributed by atoms with Gasteiger partial charge in [0.2, 0.25) is 0 Å². The van der Waals surface area contributed by atoms with E-state index in [0.29, 0.717) is 39.9 Å². The summed E-state index contributed by atoms with van der Waals surface area (Å²) in [6.45, 7) is 6.50. The minimum atomic E-state index is -0.300. The van der Waals surface area contributed by atoms with Crippen LogP contribution in [0.15, 0.2) is 36.0 Å². The number of aromatic nitrogens is 3. The summed E-state index contributed by atoms with van der Waals surface area (Å²) in [6.07, 6.45) is 1.72. The second-order valence-corrected chi connectivity index (χ2v) is 6.54. The molecule has 0 atom stereocenters. The molecule has 0 bridgehead atoms. The van der Waals surface area contributed by atoms with E-state index in [1.165, 1.54) is 11.8 Å². The average molecular weight is 402 g/mol. The molecule has 0 saturated heterocycles. The minimum absolute atomic E-state index is 0.160. The molecule has 1 aromatic carbocycles. The number of rotatable bonds is 9. The van der Waals surface area contributed by atoms with Crippen molar-refractivity contribution in [3.05, 3.63) is 46.7 Å². The number of nitrogens with zero attached hydrogens (tertiary/aromatic N) is 3. The van der Waals surface area contributed by atoms with Gasteiger partial charge in [0.25, 0.3) is 0 Å². The number of thioether (sulfide) groups is 1.